The van der Waals surface area contributed by atoms with E-state index in [9.17, 15) is 0 Å². The highest BCUT2D eigenvalue weighted by Crippen LogP contribution is 2.53. The molecule has 0 saturated carbocycles. The lowest BCUT2D eigenvalue weighted by Crippen LogP contribution is -2.80. The molecule has 0 unspecified atom stereocenters. The monoisotopic (exact) mass is 1050 g/mol. The standard InChI is InChI=1S/C49H86B34/c1-16-18(3)25(10)33-31(22(16)7)24(9)20(5)27(12)35(33)39-34-26(11)19(4)17(2)23(8)32(34)30(15)38-36(39)28(13)21(6)29(14)37(38)41-44(68-51)43(50)40-42(45(41)73(56)69-52)46(74(57)78(58)59)48(75(70-53)79(60)61)49(77(81(64)65)83(67)72-55)47(40)76(80(62)63)82(66)71-54/h68-72H,50-67H2,1-15H3. The first kappa shape index (κ1) is 68.3. The third-order valence-corrected chi connectivity index (χ3v) is 24.1. The van der Waals surface area contributed by atoms with E-state index in [0.29, 0.717) is 70.8 Å². The summed E-state index contributed by atoms with van der Waals surface area (Å²) in [5.41, 5.74) is 39.3. The summed E-state index contributed by atoms with van der Waals surface area (Å²) in [4.78, 5) is 0. The van der Waals surface area contributed by atoms with Crippen LogP contribution in [0.1, 0.15) is 83.5 Å². The summed E-state index contributed by atoms with van der Waals surface area (Å²) in [6.07, 6.45) is 3.03. The minimum atomic E-state index is 0.312. The highest BCUT2D eigenvalue weighted by molar-refractivity contribution is 7.91. The summed E-state index contributed by atoms with van der Waals surface area (Å²) in [7, 11) is 51.8. The molecule has 0 aliphatic heterocycles. The predicted molar refractivity (Wildman–Crippen MR) is 469 cm³/mol. The van der Waals surface area contributed by atoms with Crippen LogP contribution in [0.4, 0.5) is 0 Å². The van der Waals surface area contributed by atoms with Gasteiger partial charge in [0.15, 0.2) is 0 Å². The normalized spacial score (nSPS) is 11.2. The summed E-state index contributed by atoms with van der Waals surface area (Å²) >= 11 is 0. The molecule has 0 N–H and O–H groups in total. The lowest BCUT2D eigenvalue weighted by molar-refractivity contribution is 1.22. The largest absolute Gasteiger partial charge is 0.139 e. The second-order valence-corrected chi connectivity index (χ2v) is 29.3. The molecule has 0 aliphatic rings. The van der Waals surface area contributed by atoms with Gasteiger partial charge in [-0.1, -0.05) is 27.3 Å². The fourth-order valence-electron chi connectivity index (χ4n) is 17.5. The molecular weight excluding hydrogens is 956 g/mol. The van der Waals surface area contributed by atoms with Crippen molar-refractivity contribution in [2.45, 2.75) is 104 Å². The molecule has 7 aromatic rings. The third kappa shape index (κ3) is 10.8. The molecule has 384 valence electrons. The Hall–Kier alpha value is -2.21. The molecular formula is C49H86B34. The van der Waals surface area contributed by atoms with E-state index >= 15 is 0 Å². The van der Waals surface area contributed by atoms with E-state index in [1.807, 2.05) is 0 Å². The summed E-state index contributed by atoms with van der Waals surface area (Å²) in [5, 5.41) is 12.1. The number of hydrogen-bond acceptors (Lipinski definition) is 0. The lowest BCUT2D eigenvalue weighted by Gasteiger charge is -2.42. The quantitative estimate of drug-likeness (QED) is 0.0594. The average Bonchev–Trinajstić information content (AvgIpc) is 3.60. The van der Waals surface area contributed by atoms with Gasteiger partial charge in [0.25, 0.3) is 0 Å². The minimum absolute atomic E-state index is 0.312. The van der Waals surface area contributed by atoms with E-state index in [1.54, 1.807) is 54.6 Å². The van der Waals surface area contributed by atoms with Crippen LogP contribution in [0.15, 0.2) is 0 Å². The van der Waals surface area contributed by atoms with Gasteiger partial charge in [0, 0.05) is 52.4 Å². The number of fused-ring (bicyclic) bond motifs is 4. The Morgan fingerprint density at radius 3 is 1.01 bits per heavy atom. The molecule has 7 aromatic carbocycles. The minimum Gasteiger partial charge on any atom is -0.113 e. The molecule has 34 heteroatoms. The second-order valence-electron chi connectivity index (χ2n) is 29.3. The van der Waals surface area contributed by atoms with E-state index in [4.69, 9.17) is 0 Å². The summed E-state index contributed by atoms with van der Waals surface area (Å²) in [6.45, 7) is 38.7. The zero-order valence-electron chi connectivity index (χ0n) is 59.9. The van der Waals surface area contributed by atoms with Crippen LogP contribution in [-0.2, 0) is 0 Å². The smallest absolute Gasteiger partial charge is 0.113 e. The summed E-state index contributed by atoms with van der Waals surface area (Å²) in [5.74, 6) is 0. The van der Waals surface area contributed by atoms with E-state index in [0.717, 1.165) is 21.3 Å². The zero-order valence-corrected chi connectivity index (χ0v) is 59.9. The van der Waals surface area contributed by atoms with Crippen molar-refractivity contribution in [2.75, 3.05) is 0 Å². The van der Waals surface area contributed by atoms with Crippen LogP contribution in [0, 0.1) is 104 Å². The van der Waals surface area contributed by atoms with Crippen molar-refractivity contribution in [3.8, 4) is 22.3 Å². The molecule has 83 heavy (non-hydrogen) atoms. The van der Waals surface area contributed by atoms with E-state index < -0.39 is 0 Å². The molecule has 0 spiro atoms. The first-order chi connectivity index (χ1) is 38.7. The molecule has 0 radical (unpaired) electrons. The summed E-state index contributed by atoms with van der Waals surface area (Å²) in [6, 6.07) is 0. The maximum absolute atomic E-state index is 2.66. The number of rotatable bonds is 18. The highest BCUT2D eigenvalue weighted by atomic mass is 14.3. The molecule has 0 fully saturated rings. The Morgan fingerprint density at radius 2 is 0.639 bits per heavy atom. The lowest BCUT2D eigenvalue weighted by atomic mass is 8.65. The van der Waals surface area contributed by atoms with Gasteiger partial charge in [-0.15, -0.1) is 10.9 Å². The predicted octanol–water partition coefficient (Wildman–Crippen LogP) is -15.4. The number of benzene rings is 7. The first-order valence-electron chi connectivity index (χ1n) is 33.9. The van der Waals surface area contributed by atoms with Gasteiger partial charge >= 0.3 is 0 Å². The number of aryl methyl sites for hydroxylation is 7. The topological polar surface area (TPSA) is 0 Å². The van der Waals surface area contributed by atoms with Crippen LogP contribution in [0.3, 0.4) is 0 Å². The Balaban J connectivity index is 2.05. The van der Waals surface area contributed by atoms with Crippen LogP contribution in [0.5, 0.6) is 0 Å². The van der Waals surface area contributed by atoms with Gasteiger partial charge in [0.05, 0.1) is 178 Å². The van der Waals surface area contributed by atoms with Crippen molar-refractivity contribution in [3.05, 3.63) is 83.5 Å². The van der Waals surface area contributed by atoms with Crippen molar-refractivity contribution < 1.29 is 0 Å². The van der Waals surface area contributed by atoms with Gasteiger partial charge in [-0.25, -0.2) is 0 Å². The molecule has 0 aromatic heterocycles. The Bertz CT molecular complexity index is 3750. The Morgan fingerprint density at radius 1 is 0.277 bits per heavy atom. The van der Waals surface area contributed by atoms with Crippen molar-refractivity contribution in [1.29, 1.82) is 0 Å². The average molecular weight is 1040 g/mol. The maximum atomic E-state index is 2.66. The van der Waals surface area contributed by atoms with Gasteiger partial charge in [0.2, 0.25) is 0 Å². The highest BCUT2D eigenvalue weighted by Gasteiger charge is 2.44. The first-order valence-corrected chi connectivity index (χ1v) is 33.9. The van der Waals surface area contributed by atoms with Crippen molar-refractivity contribution in [3.63, 3.8) is 0 Å². The molecule has 0 bridgehead atoms. The maximum Gasteiger partial charge on any atom is 0.139 e. The van der Waals surface area contributed by atoms with Crippen LogP contribution >= 0.6 is 0 Å². The second kappa shape index (κ2) is 26.1. The van der Waals surface area contributed by atoms with E-state index in [-0.39, 0.29) is 0 Å². The van der Waals surface area contributed by atoms with Crippen LogP contribution < -0.4 is 38.2 Å². The van der Waals surface area contributed by atoms with Gasteiger partial charge in [-0.3, -0.25) is 0 Å². The molecule has 0 nitrogen and oxygen atoms in total. The van der Waals surface area contributed by atoms with E-state index in [2.05, 4.69) is 243 Å². The van der Waals surface area contributed by atoms with Crippen molar-refractivity contribution >= 4 is 327 Å². The van der Waals surface area contributed by atoms with Crippen molar-refractivity contribution in [2.24, 2.45) is 0 Å². The van der Waals surface area contributed by atoms with Crippen LogP contribution in [-0.4, -0.2) is 246 Å². The van der Waals surface area contributed by atoms with Gasteiger partial charge in [-0.2, -0.15) is 0 Å². The number of hydrogen-bond donors (Lipinski definition) is 0. The molecule has 0 saturated heterocycles. The molecule has 7 rings (SSSR count). The van der Waals surface area contributed by atoms with Crippen LogP contribution in [0.25, 0.3) is 65.3 Å². The Kier molecular flexibility index (Phi) is 21.5. The van der Waals surface area contributed by atoms with Crippen LogP contribution in [0.2, 0.25) is 0 Å². The fourth-order valence-corrected chi connectivity index (χ4v) is 17.5. The molecule has 0 aliphatic carbocycles. The van der Waals surface area contributed by atoms with E-state index in [1.165, 1.54) is 147 Å². The van der Waals surface area contributed by atoms with Gasteiger partial charge in [-0.05, 0) is 253 Å². The Labute approximate surface area is 532 Å². The van der Waals surface area contributed by atoms with Gasteiger partial charge < -0.3 is 0 Å². The third-order valence-electron chi connectivity index (χ3n) is 24.1. The zero-order chi connectivity index (χ0) is 62.5. The van der Waals surface area contributed by atoms with Gasteiger partial charge in [0.1, 0.15) is 15.0 Å². The molecule has 0 amide bonds. The molecule has 0 atom stereocenters. The summed E-state index contributed by atoms with van der Waals surface area (Å²) < 4.78 is 0. The fraction of sp³-hybridized carbons (Fsp3) is 0.306. The molecule has 0 heterocycles. The SMILES string of the molecule is BBB(B)B(B(B)B)c1c(B(BB)B(B)B)c(B(B)B(B)B)c2c(B(B)BB)c(-c3c(C)c(C)c(C)c4c(-c5c(C)c(C)c(C)c6c(C)c(C)c(C)c(C)c56)c5c(C)c(C)c(C)c(C)c5c(C)c34)c(BB)c(B)c2c1B(B(B)B)B(B)BB. The van der Waals surface area contributed by atoms with Crippen molar-refractivity contribution in [1.82, 2.24) is 0 Å².